The Morgan fingerprint density at radius 3 is 2.65 bits per heavy atom. The molecule has 0 bridgehead atoms. The van der Waals surface area contributed by atoms with E-state index in [4.69, 9.17) is 22.1 Å². The third kappa shape index (κ3) is 4.30. The number of anilines is 2. The largest absolute Gasteiger partial charge is 0.462 e. The molecule has 1 aromatic carbocycles. The lowest BCUT2D eigenvalue weighted by molar-refractivity contribution is 0.0527. The summed E-state index contributed by atoms with van der Waals surface area (Å²) in [5, 5.41) is 0.479. The first kappa shape index (κ1) is 16.6. The molecule has 0 aliphatic rings. The average Bonchev–Trinajstić information content (AvgIpc) is 2.38. The summed E-state index contributed by atoms with van der Waals surface area (Å²) in [6.07, 6.45) is 3.34. The molecule has 0 amide bonds. The van der Waals surface area contributed by atoms with Gasteiger partial charge < -0.3 is 15.4 Å². The first-order chi connectivity index (χ1) is 9.51. The van der Waals surface area contributed by atoms with Crippen LogP contribution >= 0.6 is 11.6 Å². The second-order valence-corrected chi connectivity index (χ2v) is 5.16. The smallest absolute Gasteiger partial charge is 0.340 e. The number of carbonyl (C=O) groups excluding carboxylic acids is 1. The molecule has 0 atom stereocenters. The van der Waals surface area contributed by atoms with Crippen LogP contribution in [-0.4, -0.2) is 26.2 Å². The van der Waals surface area contributed by atoms with E-state index >= 15 is 0 Å². The Labute approximate surface area is 125 Å². The van der Waals surface area contributed by atoms with Gasteiger partial charge in [0.05, 0.1) is 22.9 Å². The van der Waals surface area contributed by atoms with Gasteiger partial charge in [0.15, 0.2) is 0 Å². The Morgan fingerprint density at radius 2 is 2.05 bits per heavy atom. The SMILES string of the molecule is CCCCCN(C)c1c(Cl)cc(N)cc1C(=O)OCC. The summed E-state index contributed by atoms with van der Waals surface area (Å²) < 4.78 is 5.07. The predicted octanol–water partition coefficient (Wildman–Crippen LogP) is 3.73. The number of nitrogen functional groups attached to an aromatic ring is 1. The van der Waals surface area contributed by atoms with Crippen LogP contribution in [0, 0.1) is 0 Å². The molecule has 0 saturated heterocycles. The monoisotopic (exact) mass is 298 g/mol. The van der Waals surface area contributed by atoms with Crippen LogP contribution in [-0.2, 0) is 4.74 Å². The molecule has 0 aliphatic carbocycles. The van der Waals surface area contributed by atoms with Crippen LogP contribution in [0.15, 0.2) is 12.1 Å². The van der Waals surface area contributed by atoms with Crippen molar-refractivity contribution >= 4 is 28.9 Å². The minimum absolute atomic E-state index is 0.324. The fourth-order valence-corrected chi connectivity index (χ4v) is 2.46. The van der Waals surface area contributed by atoms with Gasteiger partial charge in [0, 0.05) is 19.3 Å². The van der Waals surface area contributed by atoms with Gasteiger partial charge in [-0.25, -0.2) is 4.79 Å². The summed E-state index contributed by atoms with van der Waals surface area (Å²) in [5.74, 6) is -0.390. The highest BCUT2D eigenvalue weighted by Crippen LogP contribution is 2.32. The second-order valence-electron chi connectivity index (χ2n) is 4.75. The van der Waals surface area contributed by atoms with E-state index in [1.165, 1.54) is 0 Å². The molecule has 2 N–H and O–H groups in total. The average molecular weight is 299 g/mol. The van der Waals surface area contributed by atoms with Crippen molar-refractivity contribution in [1.29, 1.82) is 0 Å². The standard InChI is InChI=1S/C15H23ClN2O2/c1-4-6-7-8-18(3)14-12(15(19)20-5-2)9-11(17)10-13(14)16/h9-10H,4-8,17H2,1-3H3. The van der Waals surface area contributed by atoms with Gasteiger partial charge in [0.1, 0.15) is 0 Å². The number of halogens is 1. The zero-order valence-corrected chi connectivity index (χ0v) is 13.2. The maximum Gasteiger partial charge on any atom is 0.340 e. The van der Waals surface area contributed by atoms with E-state index in [-0.39, 0.29) is 5.97 Å². The van der Waals surface area contributed by atoms with Gasteiger partial charge in [-0.15, -0.1) is 0 Å². The van der Waals surface area contributed by atoms with Crippen molar-refractivity contribution in [2.45, 2.75) is 33.1 Å². The van der Waals surface area contributed by atoms with Crippen molar-refractivity contribution in [2.24, 2.45) is 0 Å². The van der Waals surface area contributed by atoms with Crippen LogP contribution in [0.2, 0.25) is 5.02 Å². The number of esters is 1. The number of rotatable bonds is 7. The van der Waals surface area contributed by atoms with E-state index < -0.39 is 0 Å². The number of nitrogens with zero attached hydrogens (tertiary/aromatic N) is 1. The topological polar surface area (TPSA) is 55.6 Å². The first-order valence-electron chi connectivity index (χ1n) is 6.98. The zero-order valence-electron chi connectivity index (χ0n) is 12.4. The van der Waals surface area contributed by atoms with Gasteiger partial charge in [0.25, 0.3) is 0 Å². The van der Waals surface area contributed by atoms with E-state index in [0.29, 0.717) is 28.6 Å². The molecule has 0 unspecified atom stereocenters. The van der Waals surface area contributed by atoms with Crippen molar-refractivity contribution in [3.05, 3.63) is 22.7 Å². The van der Waals surface area contributed by atoms with E-state index in [1.807, 2.05) is 11.9 Å². The highest BCUT2D eigenvalue weighted by Gasteiger charge is 2.19. The lowest BCUT2D eigenvalue weighted by Gasteiger charge is -2.23. The summed E-state index contributed by atoms with van der Waals surface area (Å²) in [7, 11) is 1.93. The number of benzene rings is 1. The minimum atomic E-state index is -0.390. The highest BCUT2D eigenvalue weighted by atomic mass is 35.5. The van der Waals surface area contributed by atoms with E-state index in [2.05, 4.69) is 6.92 Å². The van der Waals surface area contributed by atoms with Crippen molar-refractivity contribution in [2.75, 3.05) is 30.8 Å². The normalized spacial score (nSPS) is 10.4. The molecular weight excluding hydrogens is 276 g/mol. The Bertz CT molecular complexity index is 463. The highest BCUT2D eigenvalue weighted by molar-refractivity contribution is 6.34. The number of hydrogen-bond acceptors (Lipinski definition) is 4. The van der Waals surface area contributed by atoms with Gasteiger partial charge in [-0.1, -0.05) is 31.4 Å². The number of nitrogens with two attached hydrogens (primary N) is 1. The molecular formula is C15H23ClN2O2. The molecule has 112 valence electrons. The summed E-state index contributed by atoms with van der Waals surface area (Å²) in [6, 6.07) is 3.28. The minimum Gasteiger partial charge on any atom is -0.462 e. The van der Waals surface area contributed by atoms with E-state index in [9.17, 15) is 4.79 Å². The van der Waals surface area contributed by atoms with E-state index in [0.717, 1.165) is 25.8 Å². The summed E-state index contributed by atoms with van der Waals surface area (Å²) in [5.41, 5.74) is 7.35. The molecule has 20 heavy (non-hydrogen) atoms. The fraction of sp³-hybridized carbons (Fsp3) is 0.533. The Morgan fingerprint density at radius 1 is 1.35 bits per heavy atom. The molecule has 0 aliphatic heterocycles. The van der Waals surface area contributed by atoms with Crippen LogP contribution in [0.25, 0.3) is 0 Å². The third-order valence-electron chi connectivity index (χ3n) is 3.06. The molecule has 0 saturated carbocycles. The molecule has 1 aromatic rings. The van der Waals surface area contributed by atoms with Crippen LogP contribution < -0.4 is 10.6 Å². The molecule has 0 radical (unpaired) electrons. The van der Waals surface area contributed by atoms with Crippen molar-refractivity contribution < 1.29 is 9.53 Å². The van der Waals surface area contributed by atoms with Crippen LogP contribution in [0.4, 0.5) is 11.4 Å². The molecule has 0 heterocycles. The first-order valence-corrected chi connectivity index (χ1v) is 7.36. The van der Waals surface area contributed by atoms with Gasteiger partial charge in [-0.2, -0.15) is 0 Å². The molecule has 1 rings (SSSR count). The number of carbonyl (C=O) groups is 1. The van der Waals surface area contributed by atoms with Gasteiger partial charge in [-0.3, -0.25) is 0 Å². The number of ether oxygens (including phenoxy) is 1. The fourth-order valence-electron chi connectivity index (χ4n) is 2.08. The van der Waals surface area contributed by atoms with Crippen LogP contribution in [0.3, 0.4) is 0 Å². The van der Waals surface area contributed by atoms with E-state index in [1.54, 1.807) is 19.1 Å². The van der Waals surface area contributed by atoms with Gasteiger partial charge in [-0.05, 0) is 25.5 Å². The third-order valence-corrected chi connectivity index (χ3v) is 3.35. The Hall–Kier alpha value is -1.42. The predicted molar refractivity (Wildman–Crippen MR) is 84.6 cm³/mol. The molecule has 0 fully saturated rings. The Kier molecular flexibility index (Phi) is 6.65. The lowest BCUT2D eigenvalue weighted by Crippen LogP contribution is -2.22. The summed E-state index contributed by atoms with van der Waals surface area (Å²) in [4.78, 5) is 14.0. The quantitative estimate of drug-likeness (QED) is 0.473. The van der Waals surface area contributed by atoms with Crippen LogP contribution in [0.1, 0.15) is 43.5 Å². The van der Waals surface area contributed by atoms with Crippen LogP contribution in [0.5, 0.6) is 0 Å². The molecule has 5 heteroatoms. The maximum atomic E-state index is 12.0. The van der Waals surface area contributed by atoms with Crippen molar-refractivity contribution in [3.8, 4) is 0 Å². The van der Waals surface area contributed by atoms with Gasteiger partial charge in [0.2, 0.25) is 0 Å². The van der Waals surface area contributed by atoms with Crippen molar-refractivity contribution in [3.63, 3.8) is 0 Å². The zero-order chi connectivity index (χ0) is 15.1. The van der Waals surface area contributed by atoms with Crippen molar-refractivity contribution in [1.82, 2.24) is 0 Å². The molecule has 0 aromatic heterocycles. The summed E-state index contributed by atoms with van der Waals surface area (Å²) in [6.45, 7) is 5.09. The molecule has 4 nitrogen and oxygen atoms in total. The number of unbranched alkanes of at least 4 members (excludes halogenated alkanes) is 2. The Balaban J connectivity index is 3.05. The molecule has 0 spiro atoms. The summed E-state index contributed by atoms with van der Waals surface area (Å²) >= 11 is 6.26. The number of hydrogen-bond donors (Lipinski definition) is 1. The van der Waals surface area contributed by atoms with Gasteiger partial charge >= 0.3 is 5.97 Å². The maximum absolute atomic E-state index is 12.0. The second kappa shape index (κ2) is 8.00. The lowest BCUT2D eigenvalue weighted by atomic mass is 10.1.